The van der Waals surface area contributed by atoms with Crippen molar-refractivity contribution in [2.24, 2.45) is 0 Å². The molecule has 1 aliphatic carbocycles. The van der Waals surface area contributed by atoms with E-state index in [4.69, 9.17) is 9.97 Å². The van der Waals surface area contributed by atoms with Crippen LogP contribution < -0.4 is 15.7 Å². The van der Waals surface area contributed by atoms with E-state index in [0.717, 1.165) is 57.4 Å². The van der Waals surface area contributed by atoms with E-state index in [2.05, 4.69) is 103 Å². The molecule has 6 aromatic carbocycles. The van der Waals surface area contributed by atoms with E-state index in [-0.39, 0.29) is 0 Å². The Hall–Kier alpha value is -5.37. The Labute approximate surface area is 281 Å². The maximum atomic E-state index is 13.1. The lowest BCUT2D eigenvalue weighted by Crippen LogP contribution is -2.31. The van der Waals surface area contributed by atoms with E-state index in [1.165, 1.54) is 32.3 Å². The minimum atomic E-state index is -2.42. The van der Waals surface area contributed by atoms with Crippen LogP contribution >= 0.6 is 7.14 Å². The topological polar surface area (TPSA) is 42.9 Å². The van der Waals surface area contributed by atoms with Gasteiger partial charge in [-0.25, -0.2) is 9.97 Å². The summed E-state index contributed by atoms with van der Waals surface area (Å²) in [6.07, 6.45) is 6.74. The molecular formula is C44H35N2OP. The summed E-state index contributed by atoms with van der Waals surface area (Å²) in [5.41, 5.74) is 9.54. The van der Waals surface area contributed by atoms with Gasteiger partial charge in [0.15, 0.2) is 5.82 Å². The second kappa shape index (κ2) is 12.3. The smallest absolute Gasteiger partial charge is 0.160 e. The molecule has 232 valence electrons. The Morgan fingerprint density at radius 3 is 1.48 bits per heavy atom. The first-order valence-corrected chi connectivity index (χ1v) is 19.1. The lowest BCUT2D eigenvalue weighted by atomic mass is 9.86. The van der Waals surface area contributed by atoms with Crippen molar-refractivity contribution in [1.82, 2.24) is 9.97 Å². The third-order valence-electron chi connectivity index (χ3n) is 9.19. The number of aromatic nitrogens is 2. The molecule has 0 aliphatic heterocycles. The Bertz CT molecular complexity index is 2440. The van der Waals surface area contributed by atoms with Crippen LogP contribution in [0, 0.1) is 0 Å². The molecule has 0 bridgehead atoms. The van der Waals surface area contributed by atoms with Crippen LogP contribution in [0.3, 0.4) is 0 Å². The SMILES string of the molecule is CP(C)(=O)c1cccc(-c2c3c(c(-c4cccc(-c5nc(-c6ccccc6)cc(-c6ccccc6)n5)c4)c4ccccc24)=CCCC=3)c1. The number of benzene rings is 6. The summed E-state index contributed by atoms with van der Waals surface area (Å²) in [7, 11) is -2.42. The first-order valence-electron chi connectivity index (χ1n) is 16.5. The van der Waals surface area contributed by atoms with E-state index in [1.54, 1.807) is 0 Å². The molecule has 0 fully saturated rings. The summed E-state index contributed by atoms with van der Waals surface area (Å²) in [6, 6.07) is 48.4. The van der Waals surface area contributed by atoms with Crippen LogP contribution in [0.25, 0.3) is 79.1 Å². The standard InChI is InChI=1S/C44H35N2OP/c1-48(2,47)35-22-14-20-33(28-35)43-38-25-11-9-23-36(38)42(37-24-10-12-26-39(37)43)32-19-13-21-34(27-32)44-45-40(30-15-5-3-6-16-30)29-41(46-44)31-17-7-4-8-18-31/h3-9,11,13-29H,10,12H2,1-2H3. The molecule has 0 atom stereocenters. The number of nitrogens with zero attached hydrogens (tertiary/aromatic N) is 2. The van der Waals surface area contributed by atoms with Gasteiger partial charge in [0.1, 0.15) is 7.14 Å². The molecule has 1 heterocycles. The molecule has 0 amide bonds. The van der Waals surface area contributed by atoms with Gasteiger partial charge in [-0.2, -0.15) is 0 Å². The van der Waals surface area contributed by atoms with Crippen LogP contribution in [0.4, 0.5) is 0 Å². The van der Waals surface area contributed by atoms with Gasteiger partial charge in [0, 0.05) is 22.0 Å². The summed E-state index contributed by atoms with van der Waals surface area (Å²) in [6.45, 7) is 3.69. The predicted octanol–water partition coefficient (Wildman–Crippen LogP) is 9.57. The molecule has 0 saturated heterocycles. The number of fused-ring (bicyclic) bond motifs is 2. The van der Waals surface area contributed by atoms with Gasteiger partial charge in [-0.05, 0) is 87.8 Å². The molecule has 3 nitrogen and oxygen atoms in total. The minimum Gasteiger partial charge on any atom is -0.319 e. The molecule has 7 aromatic rings. The molecule has 1 aromatic heterocycles. The molecule has 0 N–H and O–H groups in total. The van der Waals surface area contributed by atoms with Crippen molar-refractivity contribution in [2.45, 2.75) is 12.8 Å². The summed E-state index contributed by atoms with van der Waals surface area (Å²) < 4.78 is 13.1. The highest BCUT2D eigenvalue weighted by Gasteiger charge is 2.19. The molecular weight excluding hydrogens is 603 g/mol. The van der Waals surface area contributed by atoms with Crippen molar-refractivity contribution >= 4 is 35.4 Å². The second-order valence-corrected chi connectivity index (χ2v) is 16.0. The van der Waals surface area contributed by atoms with Crippen LogP contribution in [-0.2, 0) is 4.57 Å². The summed E-state index contributed by atoms with van der Waals surface area (Å²) in [5, 5.41) is 5.78. The maximum Gasteiger partial charge on any atom is 0.160 e. The maximum absolute atomic E-state index is 13.1. The summed E-state index contributed by atoms with van der Waals surface area (Å²) >= 11 is 0. The van der Waals surface area contributed by atoms with Gasteiger partial charge in [0.05, 0.1) is 11.4 Å². The molecule has 48 heavy (non-hydrogen) atoms. The van der Waals surface area contributed by atoms with E-state index >= 15 is 0 Å². The third-order valence-corrected chi connectivity index (χ3v) is 10.7. The van der Waals surface area contributed by atoms with Gasteiger partial charge in [-0.3, -0.25) is 0 Å². The zero-order valence-corrected chi connectivity index (χ0v) is 28.0. The average molecular weight is 639 g/mol. The number of rotatable bonds is 6. The van der Waals surface area contributed by atoms with Crippen molar-refractivity contribution in [1.29, 1.82) is 0 Å². The van der Waals surface area contributed by atoms with Gasteiger partial charge in [0.25, 0.3) is 0 Å². The second-order valence-electron chi connectivity index (χ2n) is 12.8. The van der Waals surface area contributed by atoms with Crippen LogP contribution in [0.2, 0.25) is 0 Å². The zero-order chi connectivity index (χ0) is 32.7. The van der Waals surface area contributed by atoms with E-state index in [1.807, 2.05) is 61.9 Å². The van der Waals surface area contributed by atoms with E-state index in [0.29, 0.717) is 5.82 Å². The fourth-order valence-electron chi connectivity index (χ4n) is 6.88. The highest BCUT2D eigenvalue weighted by atomic mass is 31.2. The van der Waals surface area contributed by atoms with Gasteiger partial charge in [-0.1, -0.05) is 133 Å². The Kier molecular flexibility index (Phi) is 7.71. The van der Waals surface area contributed by atoms with Crippen LogP contribution in [0.1, 0.15) is 12.8 Å². The number of hydrogen-bond acceptors (Lipinski definition) is 3. The average Bonchev–Trinajstić information content (AvgIpc) is 3.14. The molecule has 4 heteroatoms. The molecule has 0 radical (unpaired) electrons. The molecule has 1 aliphatic rings. The van der Waals surface area contributed by atoms with Gasteiger partial charge in [-0.15, -0.1) is 0 Å². The first-order chi connectivity index (χ1) is 23.4. The van der Waals surface area contributed by atoms with Gasteiger partial charge in [0.2, 0.25) is 0 Å². The van der Waals surface area contributed by atoms with Crippen molar-refractivity contribution in [3.05, 3.63) is 150 Å². The first kappa shape index (κ1) is 30.0. The Morgan fingerprint density at radius 1 is 0.479 bits per heavy atom. The molecule has 0 unspecified atom stereocenters. The van der Waals surface area contributed by atoms with E-state index < -0.39 is 7.14 Å². The highest BCUT2D eigenvalue weighted by molar-refractivity contribution is 7.70. The molecule has 0 spiro atoms. The van der Waals surface area contributed by atoms with Crippen molar-refractivity contribution in [3.8, 4) is 56.2 Å². The molecule has 0 saturated carbocycles. The Morgan fingerprint density at radius 2 is 0.938 bits per heavy atom. The lowest BCUT2D eigenvalue weighted by molar-refractivity contribution is 0.588. The predicted molar refractivity (Wildman–Crippen MR) is 203 cm³/mol. The van der Waals surface area contributed by atoms with Gasteiger partial charge < -0.3 is 4.57 Å². The third kappa shape index (κ3) is 5.61. The van der Waals surface area contributed by atoms with E-state index in [9.17, 15) is 4.57 Å². The lowest BCUT2D eigenvalue weighted by Gasteiger charge is -2.19. The quantitative estimate of drug-likeness (QED) is 0.170. The van der Waals surface area contributed by atoms with Crippen LogP contribution in [0.5, 0.6) is 0 Å². The summed E-state index contributed by atoms with van der Waals surface area (Å²) in [4.78, 5) is 10.2. The monoisotopic (exact) mass is 638 g/mol. The van der Waals surface area contributed by atoms with Crippen molar-refractivity contribution in [3.63, 3.8) is 0 Å². The normalized spacial score (nSPS) is 12.6. The fourth-order valence-corrected chi connectivity index (χ4v) is 7.78. The number of hydrogen-bond donors (Lipinski definition) is 0. The molecule has 8 rings (SSSR count). The summed E-state index contributed by atoms with van der Waals surface area (Å²) in [5.74, 6) is 0.697. The van der Waals surface area contributed by atoms with Crippen LogP contribution in [0.15, 0.2) is 140 Å². The largest absolute Gasteiger partial charge is 0.319 e. The highest BCUT2D eigenvalue weighted by Crippen LogP contribution is 2.38. The fraction of sp³-hybridized carbons (Fsp3) is 0.0909. The van der Waals surface area contributed by atoms with Gasteiger partial charge >= 0.3 is 0 Å². The van der Waals surface area contributed by atoms with Crippen molar-refractivity contribution in [2.75, 3.05) is 13.3 Å². The minimum absolute atomic E-state index is 0.697. The Balaban J connectivity index is 1.35. The van der Waals surface area contributed by atoms with Crippen LogP contribution in [-0.4, -0.2) is 23.3 Å². The zero-order valence-electron chi connectivity index (χ0n) is 27.1. The van der Waals surface area contributed by atoms with Crippen molar-refractivity contribution < 1.29 is 4.57 Å².